The van der Waals surface area contributed by atoms with E-state index in [-0.39, 0.29) is 35.5 Å². The lowest BCUT2D eigenvalue weighted by molar-refractivity contribution is -0.140. The summed E-state index contributed by atoms with van der Waals surface area (Å²) < 4.78 is 44.3. The number of nitrogens with zero attached hydrogens (tertiary/aromatic N) is 2. The first-order valence-electron chi connectivity index (χ1n) is 9.19. The third kappa shape index (κ3) is 4.56. The van der Waals surface area contributed by atoms with Crippen LogP contribution < -0.4 is 4.74 Å². The van der Waals surface area contributed by atoms with Crippen molar-refractivity contribution in [2.24, 2.45) is 0 Å². The van der Waals surface area contributed by atoms with Crippen molar-refractivity contribution in [2.45, 2.75) is 23.8 Å². The number of sulfone groups is 1. The molecule has 0 radical (unpaired) electrons. The van der Waals surface area contributed by atoms with Gasteiger partial charge in [-0.05, 0) is 42.8 Å². The first-order valence-corrected chi connectivity index (χ1v) is 11.7. The zero-order valence-electron chi connectivity index (χ0n) is 15.5. The number of likely N-dealkylation sites (tertiary alicyclic amines) is 1. The average Bonchev–Trinajstić information content (AvgIpc) is 3.07. The van der Waals surface area contributed by atoms with Gasteiger partial charge in [0.2, 0.25) is 5.91 Å². The summed E-state index contributed by atoms with van der Waals surface area (Å²) in [5, 5.41) is 0.591. The van der Waals surface area contributed by atoms with Crippen molar-refractivity contribution >= 4 is 37.3 Å². The van der Waals surface area contributed by atoms with Crippen molar-refractivity contribution in [1.29, 1.82) is 0 Å². The molecule has 0 spiro atoms. The molecule has 1 aliphatic rings. The Morgan fingerprint density at radius 3 is 2.62 bits per heavy atom. The topological polar surface area (TPSA) is 76.6 Å². The smallest absolute Gasteiger partial charge is 0.274 e. The molecule has 0 aliphatic carbocycles. The zero-order valence-corrected chi connectivity index (χ0v) is 17.1. The van der Waals surface area contributed by atoms with Crippen molar-refractivity contribution in [3.63, 3.8) is 0 Å². The maximum atomic E-state index is 12.9. The minimum Gasteiger partial charge on any atom is -0.463 e. The molecule has 2 heterocycles. The van der Waals surface area contributed by atoms with Gasteiger partial charge in [0.1, 0.15) is 11.9 Å². The molecule has 1 aromatic heterocycles. The van der Waals surface area contributed by atoms with E-state index in [0.29, 0.717) is 18.3 Å². The van der Waals surface area contributed by atoms with Crippen LogP contribution in [0.1, 0.15) is 12.8 Å². The lowest BCUT2D eigenvalue weighted by Gasteiger charge is -2.38. The molecule has 29 heavy (non-hydrogen) atoms. The van der Waals surface area contributed by atoms with Gasteiger partial charge >= 0.3 is 0 Å². The van der Waals surface area contributed by atoms with Crippen LogP contribution in [0, 0.1) is 5.82 Å². The van der Waals surface area contributed by atoms with Crippen LogP contribution in [0.25, 0.3) is 10.2 Å². The molecule has 6 nitrogen and oxygen atoms in total. The zero-order chi connectivity index (χ0) is 20.4. The van der Waals surface area contributed by atoms with Crippen LogP contribution in [0.3, 0.4) is 0 Å². The van der Waals surface area contributed by atoms with Crippen LogP contribution in [0.2, 0.25) is 0 Å². The highest BCUT2D eigenvalue weighted by molar-refractivity contribution is 7.91. The molecule has 2 aromatic carbocycles. The maximum Gasteiger partial charge on any atom is 0.274 e. The lowest BCUT2D eigenvalue weighted by Crippen LogP contribution is -2.56. The third-order valence-electron chi connectivity index (χ3n) is 4.72. The number of amides is 1. The summed E-state index contributed by atoms with van der Waals surface area (Å²) in [4.78, 5) is 18.4. The normalized spacial score (nSPS) is 14.7. The minimum atomic E-state index is -3.52. The van der Waals surface area contributed by atoms with Gasteiger partial charge in [-0.15, -0.1) is 0 Å². The molecule has 3 aromatic rings. The van der Waals surface area contributed by atoms with E-state index in [0.717, 1.165) is 22.3 Å². The van der Waals surface area contributed by atoms with E-state index in [9.17, 15) is 17.6 Å². The Balaban J connectivity index is 1.22. The highest BCUT2D eigenvalue weighted by Crippen LogP contribution is 2.29. The summed E-state index contributed by atoms with van der Waals surface area (Å²) in [7, 11) is -3.52. The summed E-state index contributed by atoms with van der Waals surface area (Å²) in [6, 6.07) is 12.5. The second kappa shape index (κ2) is 8.08. The molecule has 0 N–H and O–H groups in total. The molecular weight excluding hydrogens is 415 g/mol. The number of hydrogen-bond donors (Lipinski definition) is 0. The summed E-state index contributed by atoms with van der Waals surface area (Å²) in [6.45, 7) is 0.943. The molecule has 4 rings (SSSR count). The average molecular weight is 435 g/mol. The molecule has 1 saturated heterocycles. The maximum absolute atomic E-state index is 12.9. The van der Waals surface area contributed by atoms with Gasteiger partial charge in [-0.1, -0.05) is 23.5 Å². The third-order valence-corrected chi connectivity index (χ3v) is 7.46. The van der Waals surface area contributed by atoms with E-state index in [1.165, 1.54) is 23.5 Å². The first-order chi connectivity index (χ1) is 13.9. The fraction of sp³-hybridized carbons (Fsp3) is 0.300. The molecule has 152 valence electrons. The lowest BCUT2D eigenvalue weighted by atomic mass is 10.1. The van der Waals surface area contributed by atoms with Gasteiger partial charge < -0.3 is 9.64 Å². The van der Waals surface area contributed by atoms with Crippen molar-refractivity contribution in [3.8, 4) is 5.19 Å². The number of halogens is 1. The molecule has 0 bridgehead atoms. The van der Waals surface area contributed by atoms with Gasteiger partial charge in [0.25, 0.3) is 5.19 Å². The second-order valence-electron chi connectivity index (χ2n) is 6.86. The quantitative estimate of drug-likeness (QED) is 0.534. The Morgan fingerprint density at radius 1 is 1.17 bits per heavy atom. The highest BCUT2D eigenvalue weighted by Gasteiger charge is 2.32. The Kier molecular flexibility index (Phi) is 5.51. The molecule has 0 unspecified atom stereocenters. The molecule has 1 amide bonds. The molecule has 1 fully saturated rings. The van der Waals surface area contributed by atoms with Crippen LogP contribution in [0.4, 0.5) is 4.39 Å². The van der Waals surface area contributed by atoms with E-state index >= 15 is 0 Å². The summed E-state index contributed by atoms with van der Waals surface area (Å²) in [6.07, 6.45) is 0.273. The van der Waals surface area contributed by atoms with Crippen LogP contribution in [-0.4, -0.2) is 49.2 Å². The number of fused-ring (bicyclic) bond motifs is 1. The second-order valence-corrected chi connectivity index (χ2v) is 9.96. The van der Waals surface area contributed by atoms with E-state index < -0.39 is 15.7 Å². The van der Waals surface area contributed by atoms with Crippen molar-refractivity contribution in [3.05, 3.63) is 54.3 Å². The molecule has 1 aliphatic heterocycles. The SMILES string of the molecule is O=C(CCCS(=O)(=O)c1ccc(F)cc1)N1CC(Oc2nc3ccccc3s2)C1. The molecule has 0 saturated carbocycles. The number of carbonyl (C=O) groups excluding carboxylic acids is 1. The van der Waals surface area contributed by atoms with E-state index in [4.69, 9.17) is 4.74 Å². The summed E-state index contributed by atoms with van der Waals surface area (Å²) in [5.74, 6) is -0.730. The van der Waals surface area contributed by atoms with Crippen molar-refractivity contribution in [2.75, 3.05) is 18.8 Å². The Hall–Kier alpha value is -2.52. The van der Waals surface area contributed by atoms with Gasteiger partial charge in [0.05, 0.1) is 34.0 Å². The van der Waals surface area contributed by atoms with Gasteiger partial charge in [0, 0.05) is 6.42 Å². The predicted octanol–water partition coefficient (Wildman–Crippen LogP) is 3.28. The minimum absolute atomic E-state index is 0.0691. The number of thiazole rings is 1. The van der Waals surface area contributed by atoms with E-state index in [1.807, 2.05) is 24.3 Å². The highest BCUT2D eigenvalue weighted by atomic mass is 32.2. The molecular formula is C20H19FN2O4S2. The number of para-hydroxylation sites is 1. The Labute approximate surface area is 171 Å². The number of benzene rings is 2. The van der Waals surface area contributed by atoms with Crippen LogP contribution in [0.5, 0.6) is 5.19 Å². The van der Waals surface area contributed by atoms with E-state index in [1.54, 1.807) is 4.90 Å². The fourth-order valence-electron chi connectivity index (χ4n) is 3.09. The van der Waals surface area contributed by atoms with Crippen molar-refractivity contribution < 1.29 is 22.3 Å². The van der Waals surface area contributed by atoms with Crippen LogP contribution in [0.15, 0.2) is 53.4 Å². The number of aromatic nitrogens is 1. The van der Waals surface area contributed by atoms with Crippen LogP contribution in [-0.2, 0) is 14.6 Å². The van der Waals surface area contributed by atoms with E-state index in [2.05, 4.69) is 4.98 Å². The van der Waals surface area contributed by atoms with Gasteiger partial charge in [0.15, 0.2) is 9.84 Å². The number of ether oxygens (including phenoxy) is 1. The monoisotopic (exact) mass is 434 g/mol. The van der Waals surface area contributed by atoms with Gasteiger partial charge in [-0.3, -0.25) is 4.79 Å². The standard InChI is InChI=1S/C20H19FN2O4S2/c21-14-7-9-16(10-8-14)29(25,26)11-3-6-19(24)23-12-15(13-23)27-20-22-17-4-1-2-5-18(17)28-20/h1-2,4-5,7-10,15H,3,6,11-13H2. The number of carbonyl (C=O) groups is 1. The summed E-state index contributed by atoms with van der Waals surface area (Å²) >= 11 is 1.47. The van der Waals surface area contributed by atoms with Gasteiger partial charge in [-0.25, -0.2) is 17.8 Å². The Morgan fingerprint density at radius 2 is 1.90 bits per heavy atom. The molecule has 9 heteroatoms. The van der Waals surface area contributed by atoms with Gasteiger partial charge in [-0.2, -0.15) is 0 Å². The molecule has 0 atom stereocenters. The largest absolute Gasteiger partial charge is 0.463 e. The first kappa shape index (κ1) is 19.8. The predicted molar refractivity (Wildman–Crippen MR) is 108 cm³/mol. The van der Waals surface area contributed by atoms with Crippen molar-refractivity contribution in [1.82, 2.24) is 9.88 Å². The number of rotatable bonds is 7. The number of hydrogen-bond acceptors (Lipinski definition) is 6. The van der Waals surface area contributed by atoms with Crippen LogP contribution >= 0.6 is 11.3 Å². The fourth-order valence-corrected chi connectivity index (χ4v) is 5.28. The Bertz CT molecular complexity index is 1090. The summed E-state index contributed by atoms with van der Waals surface area (Å²) in [5.41, 5.74) is 0.891.